The van der Waals surface area contributed by atoms with Crippen LogP contribution in [0.15, 0.2) is 53.6 Å². The third-order valence-electron chi connectivity index (χ3n) is 13.2. The molecule has 3 fully saturated rings. The van der Waals surface area contributed by atoms with Crippen LogP contribution in [0.3, 0.4) is 0 Å². The van der Waals surface area contributed by atoms with E-state index in [0.29, 0.717) is 5.92 Å². The van der Waals surface area contributed by atoms with Gasteiger partial charge in [0.1, 0.15) is 24.2 Å². The Morgan fingerprint density at radius 1 is 0.923 bits per heavy atom. The fourth-order valence-electron chi connectivity index (χ4n) is 8.15. The molecule has 0 N–H and O–H groups in total. The molecular formula is C41H60N4O4SSi2. The highest BCUT2D eigenvalue weighted by atomic mass is 32.2. The predicted molar refractivity (Wildman–Crippen MR) is 217 cm³/mol. The summed E-state index contributed by atoms with van der Waals surface area (Å²) in [7, 11) is -4.53. The Labute approximate surface area is 317 Å². The van der Waals surface area contributed by atoms with Gasteiger partial charge in [-0.15, -0.1) is 0 Å². The number of thioether (sulfide) groups is 1. The average molecular weight is 761 g/mol. The highest BCUT2D eigenvalue weighted by molar-refractivity contribution is 7.98. The van der Waals surface area contributed by atoms with Crippen LogP contribution in [0.1, 0.15) is 96.2 Å². The predicted octanol–water partition coefficient (Wildman–Crippen LogP) is 10.9. The Kier molecular flexibility index (Phi) is 10.3. The van der Waals surface area contributed by atoms with Gasteiger partial charge in [-0.25, -0.2) is 9.97 Å². The van der Waals surface area contributed by atoms with Crippen molar-refractivity contribution in [1.82, 2.24) is 19.7 Å². The second-order valence-electron chi connectivity index (χ2n) is 18.7. The van der Waals surface area contributed by atoms with E-state index in [-0.39, 0.29) is 34.6 Å². The number of hydrogen-bond donors (Lipinski definition) is 0. The first-order chi connectivity index (χ1) is 24.4. The van der Waals surface area contributed by atoms with Crippen LogP contribution in [0.2, 0.25) is 36.3 Å². The second-order valence-corrected chi connectivity index (χ2v) is 29.3. The van der Waals surface area contributed by atoms with Gasteiger partial charge in [0.2, 0.25) is 0 Å². The van der Waals surface area contributed by atoms with E-state index in [9.17, 15) is 0 Å². The first-order valence-electron chi connectivity index (χ1n) is 19.3. The van der Waals surface area contributed by atoms with Gasteiger partial charge in [-0.05, 0) is 85.8 Å². The van der Waals surface area contributed by atoms with Gasteiger partial charge in [0.15, 0.2) is 28.6 Å². The minimum Gasteiger partial charge on any atom is -0.408 e. The van der Waals surface area contributed by atoms with E-state index < -0.39 is 16.6 Å². The molecule has 1 saturated heterocycles. The van der Waals surface area contributed by atoms with E-state index in [1.54, 1.807) is 6.33 Å². The van der Waals surface area contributed by atoms with E-state index >= 15 is 0 Å². The maximum absolute atomic E-state index is 7.53. The van der Waals surface area contributed by atoms with Gasteiger partial charge in [0.25, 0.3) is 0 Å². The van der Waals surface area contributed by atoms with Crippen molar-refractivity contribution in [3.05, 3.63) is 65.9 Å². The standard InChI is InChI=1S/C41H60N4O4SSi2/c1-26-33(35(47-44-26)28-15-13-12-14-16-28)23-50-24-34-36(48-51(8,9)40(2,3)4)37(49-52(10,11)41(5,6)7)39(46-34)45-22-32(31-21-42-25-43-38(31)45)30-20-27-17-18-29(30)19-27/h12-16,21-22,25,27,29-30,34,36-37,39H,17-20,23-24H2,1-11H3/t27-,29+,30?,34-,36-,37-,39-/m1/s1. The van der Waals surface area contributed by atoms with E-state index in [1.807, 2.05) is 43.1 Å². The molecule has 0 radical (unpaired) electrons. The van der Waals surface area contributed by atoms with Crippen molar-refractivity contribution in [3.8, 4) is 11.3 Å². The first kappa shape index (κ1) is 38.0. The van der Waals surface area contributed by atoms with Crippen molar-refractivity contribution in [1.29, 1.82) is 0 Å². The number of ether oxygens (including phenoxy) is 1. The van der Waals surface area contributed by atoms with Gasteiger partial charge < -0.3 is 22.7 Å². The zero-order chi connectivity index (χ0) is 37.2. The van der Waals surface area contributed by atoms with E-state index in [1.165, 1.54) is 31.2 Å². The number of aryl methyl sites for hydroxylation is 1. The Hall–Kier alpha value is -2.29. The molecule has 7 atom stereocenters. The molecule has 8 nitrogen and oxygen atoms in total. The molecule has 52 heavy (non-hydrogen) atoms. The van der Waals surface area contributed by atoms with Crippen LogP contribution >= 0.6 is 11.8 Å². The van der Waals surface area contributed by atoms with Gasteiger partial charge in [-0.1, -0.05) is 83.5 Å². The summed E-state index contributed by atoms with van der Waals surface area (Å²) in [6, 6.07) is 10.3. The Morgan fingerprint density at radius 2 is 1.62 bits per heavy atom. The molecule has 2 saturated carbocycles. The Morgan fingerprint density at radius 3 is 2.25 bits per heavy atom. The number of aromatic nitrogens is 4. The number of rotatable bonds is 11. The fraction of sp³-hybridized carbons (Fsp3) is 0.634. The molecule has 3 aromatic heterocycles. The van der Waals surface area contributed by atoms with Gasteiger partial charge in [-0.2, -0.15) is 11.8 Å². The summed E-state index contributed by atoms with van der Waals surface area (Å²) < 4.78 is 30.5. The van der Waals surface area contributed by atoms with Crippen LogP contribution in [0.5, 0.6) is 0 Å². The molecule has 1 unspecified atom stereocenters. The van der Waals surface area contributed by atoms with Crippen molar-refractivity contribution >= 4 is 39.4 Å². The van der Waals surface area contributed by atoms with Crippen molar-refractivity contribution in [2.75, 3.05) is 5.75 Å². The van der Waals surface area contributed by atoms with E-state index in [0.717, 1.165) is 57.0 Å². The second kappa shape index (κ2) is 14.1. The first-order valence-corrected chi connectivity index (χ1v) is 26.3. The Bertz CT molecular complexity index is 1860. The zero-order valence-corrected chi connectivity index (χ0v) is 36.0. The van der Waals surface area contributed by atoms with Gasteiger partial charge in [-0.3, -0.25) is 0 Å². The molecule has 4 aromatic rings. The zero-order valence-electron chi connectivity index (χ0n) is 33.2. The van der Waals surface area contributed by atoms with Crippen LogP contribution in [-0.4, -0.2) is 60.4 Å². The SMILES string of the molecule is Cc1noc(-c2ccccc2)c1CSC[C@H]1O[C@@H](n2cc(C3C[C@@H]4CC[C@H]3C4)c3cncnc32)[C@H](O[Si](C)(C)C(C)(C)C)[C@@H]1O[Si](C)(C)C(C)(C)C. The molecule has 4 heterocycles. The molecular weight excluding hydrogens is 701 g/mol. The maximum Gasteiger partial charge on any atom is 0.192 e. The molecule has 2 aliphatic carbocycles. The summed E-state index contributed by atoms with van der Waals surface area (Å²) in [4.78, 5) is 9.48. The summed E-state index contributed by atoms with van der Waals surface area (Å²) in [5.41, 5.74) is 5.43. The monoisotopic (exact) mass is 760 g/mol. The molecule has 11 heteroatoms. The molecule has 2 bridgehead atoms. The van der Waals surface area contributed by atoms with E-state index in [4.69, 9.17) is 23.1 Å². The lowest BCUT2D eigenvalue weighted by Crippen LogP contribution is -2.53. The topological polar surface area (TPSA) is 84.4 Å². The molecule has 0 spiro atoms. The average Bonchev–Trinajstić information content (AvgIpc) is 3.91. The molecule has 1 aromatic carbocycles. The molecule has 1 aliphatic heterocycles. The number of nitrogens with zero attached hydrogens (tertiary/aromatic N) is 4. The smallest absolute Gasteiger partial charge is 0.192 e. The fourth-order valence-corrected chi connectivity index (χ4v) is 11.9. The van der Waals surface area contributed by atoms with Crippen LogP contribution in [-0.2, 0) is 19.3 Å². The van der Waals surface area contributed by atoms with Gasteiger partial charge in [0.05, 0.1) is 11.8 Å². The maximum atomic E-state index is 7.53. The van der Waals surface area contributed by atoms with Crippen LogP contribution in [0.25, 0.3) is 22.4 Å². The quantitative estimate of drug-likeness (QED) is 0.140. The number of benzene rings is 1. The third kappa shape index (κ3) is 7.15. The van der Waals surface area contributed by atoms with Crippen molar-refractivity contribution in [2.24, 2.45) is 11.8 Å². The number of hydrogen-bond acceptors (Lipinski definition) is 8. The lowest BCUT2D eigenvalue weighted by molar-refractivity contribution is -0.0245. The highest BCUT2D eigenvalue weighted by Crippen LogP contribution is 2.55. The molecule has 0 amide bonds. The third-order valence-corrected chi connectivity index (χ3v) is 23.2. The van der Waals surface area contributed by atoms with Gasteiger partial charge >= 0.3 is 0 Å². The Balaban J connectivity index is 1.27. The minimum atomic E-state index is -2.28. The summed E-state index contributed by atoms with van der Waals surface area (Å²) in [6.07, 6.45) is 10.3. The van der Waals surface area contributed by atoms with Gasteiger partial charge in [0, 0.05) is 40.4 Å². The summed E-state index contributed by atoms with van der Waals surface area (Å²) in [5.74, 6) is 4.49. The molecule has 282 valence electrons. The molecule has 7 rings (SSSR count). The molecule has 3 aliphatic rings. The lowest BCUT2D eigenvalue weighted by Gasteiger charge is -2.44. The summed E-state index contributed by atoms with van der Waals surface area (Å²) in [6.45, 7) is 25.4. The van der Waals surface area contributed by atoms with Crippen molar-refractivity contribution in [2.45, 2.75) is 147 Å². The highest BCUT2D eigenvalue weighted by Gasteiger charge is 2.55. The normalized spacial score (nSPS) is 26.9. The van der Waals surface area contributed by atoms with Crippen LogP contribution in [0.4, 0.5) is 0 Å². The largest absolute Gasteiger partial charge is 0.408 e. The van der Waals surface area contributed by atoms with Crippen molar-refractivity contribution < 1.29 is 18.1 Å². The minimum absolute atomic E-state index is 0.0146. The van der Waals surface area contributed by atoms with E-state index in [2.05, 4.69) is 101 Å². The summed E-state index contributed by atoms with van der Waals surface area (Å²) in [5, 5.41) is 5.57. The number of fused-ring (bicyclic) bond motifs is 3. The summed E-state index contributed by atoms with van der Waals surface area (Å²) >= 11 is 1.86. The van der Waals surface area contributed by atoms with Crippen LogP contribution < -0.4 is 0 Å². The van der Waals surface area contributed by atoms with Crippen LogP contribution in [0, 0.1) is 18.8 Å². The lowest BCUT2D eigenvalue weighted by atomic mass is 9.84. The van der Waals surface area contributed by atoms with Crippen molar-refractivity contribution in [3.63, 3.8) is 0 Å².